The molecule has 7 nitrogen and oxygen atoms in total. The number of nitrogens with zero attached hydrogens (tertiary/aromatic N) is 3. The number of nitrogens with two attached hydrogens (primary N) is 1. The molecule has 0 bridgehead atoms. The molecule has 0 saturated carbocycles. The SMILES string of the molecule is Nc1nccnc1C(=O)N1CCCC[C@@H]1C(=O)O. The van der Waals surface area contributed by atoms with Gasteiger partial charge >= 0.3 is 5.97 Å². The molecule has 0 spiro atoms. The maximum absolute atomic E-state index is 12.2. The van der Waals surface area contributed by atoms with E-state index in [0.29, 0.717) is 13.0 Å². The maximum atomic E-state index is 12.2. The number of likely N-dealkylation sites (tertiary alicyclic amines) is 1. The van der Waals surface area contributed by atoms with Gasteiger partial charge in [-0.3, -0.25) is 4.79 Å². The molecule has 1 aromatic rings. The Balaban J connectivity index is 2.27. The Morgan fingerprint density at radius 2 is 2.06 bits per heavy atom. The molecule has 18 heavy (non-hydrogen) atoms. The molecule has 2 rings (SSSR count). The predicted molar refractivity (Wildman–Crippen MR) is 62.8 cm³/mol. The van der Waals surface area contributed by atoms with Gasteiger partial charge in [0.1, 0.15) is 6.04 Å². The molecule has 0 radical (unpaired) electrons. The van der Waals surface area contributed by atoms with Crippen LogP contribution in [0.5, 0.6) is 0 Å². The zero-order valence-electron chi connectivity index (χ0n) is 9.74. The molecule has 2 heterocycles. The number of carboxylic acids is 1. The van der Waals surface area contributed by atoms with Crippen molar-refractivity contribution in [3.8, 4) is 0 Å². The van der Waals surface area contributed by atoms with Crippen molar-refractivity contribution in [2.75, 3.05) is 12.3 Å². The maximum Gasteiger partial charge on any atom is 0.326 e. The summed E-state index contributed by atoms with van der Waals surface area (Å²) in [6.07, 6.45) is 4.80. The summed E-state index contributed by atoms with van der Waals surface area (Å²) < 4.78 is 0. The van der Waals surface area contributed by atoms with Gasteiger partial charge in [-0.15, -0.1) is 0 Å². The Labute approximate surface area is 104 Å². The molecule has 1 aromatic heterocycles. The summed E-state index contributed by atoms with van der Waals surface area (Å²) in [5.41, 5.74) is 5.60. The monoisotopic (exact) mass is 250 g/mol. The van der Waals surface area contributed by atoms with Gasteiger partial charge in [0, 0.05) is 18.9 Å². The van der Waals surface area contributed by atoms with E-state index < -0.39 is 17.9 Å². The molecule has 96 valence electrons. The van der Waals surface area contributed by atoms with Crippen LogP contribution in [0.2, 0.25) is 0 Å². The summed E-state index contributed by atoms with van der Waals surface area (Å²) in [7, 11) is 0. The predicted octanol–water partition coefficient (Wildman–Crippen LogP) is 0.138. The Morgan fingerprint density at radius 3 is 2.72 bits per heavy atom. The molecule has 3 N–H and O–H groups in total. The molecule has 0 aromatic carbocycles. The number of rotatable bonds is 2. The van der Waals surface area contributed by atoms with Crippen molar-refractivity contribution in [1.82, 2.24) is 14.9 Å². The molecule has 1 fully saturated rings. The third-order valence-electron chi connectivity index (χ3n) is 2.98. The lowest BCUT2D eigenvalue weighted by Crippen LogP contribution is -2.48. The molecule has 0 aliphatic carbocycles. The van der Waals surface area contributed by atoms with Gasteiger partial charge in [-0.1, -0.05) is 0 Å². The third-order valence-corrected chi connectivity index (χ3v) is 2.98. The third kappa shape index (κ3) is 2.24. The topological polar surface area (TPSA) is 109 Å². The Morgan fingerprint density at radius 1 is 1.33 bits per heavy atom. The summed E-state index contributed by atoms with van der Waals surface area (Å²) >= 11 is 0. The van der Waals surface area contributed by atoms with Crippen LogP contribution in [0.3, 0.4) is 0 Å². The number of amides is 1. The molecule has 1 aliphatic heterocycles. The summed E-state index contributed by atoms with van der Waals surface area (Å²) in [6, 6.07) is -0.798. The summed E-state index contributed by atoms with van der Waals surface area (Å²) in [5.74, 6) is -1.43. The average molecular weight is 250 g/mol. The number of carbonyl (C=O) groups excluding carboxylic acids is 1. The fraction of sp³-hybridized carbons (Fsp3) is 0.455. The van der Waals surface area contributed by atoms with Crippen molar-refractivity contribution in [2.45, 2.75) is 25.3 Å². The fourth-order valence-electron chi connectivity index (χ4n) is 2.08. The van der Waals surface area contributed by atoms with Crippen molar-refractivity contribution in [3.63, 3.8) is 0 Å². The van der Waals surface area contributed by atoms with E-state index in [4.69, 9.17) is 10.8 Å². The zero-order chi connectivity index (χ0) is 13.1. The Bertz CT molecular complexity index is 477. The number of hydrogen-bond acceptors (Lipinski definition) is 5. The van der Waals surface area contributed by atoms with Crippen LogP contribution in [0.4, 0.5) is 5.82 Å². The van der Waals surface area contributed by atoms with Crippen LogP contribution in [-0.4, -0.2) is 44.4 Å². The van der Waals surface area contributed by atoms with Crippen LogP contribution in [0.15, 0.2) is 12.4 Å². The number of carboxylic acid groups (broad SMARTS) is 1. The van der Waals surface area contributed by atoms with Crippen molar-refractivity contribution in [2.24, 2.45) is 0 Å². The summed E-state index contributed by atoms with van der Waals surface area (Å²) in [5, 5.41) is 9.11. The number of aliphatic carboxylic acids is 1. The molecule has 1 atom stereocenters. The number of anilines is 1. The van der Waals surface area contributed by atoms with Crippen LogP contribution in [0, 0.1) is 0 Å². The van der Waals surface area contributed by atoms with E-state index in [1.807, 2.05) is 0 Å². The Kier molecular flexibility index (Phi) is 3.40. The van der Waals surface area contributed by atoms with E-state index >= 15 is 0 Å². The van der Waals surface area contributed by atoms with Crippen LogP contribution in [-0.2, 0) is 4.79 Å². The minimum absolute atomic E-state index is 0.0191. The van der Waals surface area contributed by atoms with Crippen LogP contribution in [0.25, 0.3) is 0 Å². The van der Waals surface area contributed by atoms with Gasteiger partial charge in [0.05, 0.1) is 0 Å². The molecule has 1 saturated heterocycles. The minimum atomic E-state index is -0.995. The van der Waals surface area contributed by atoms with Crippen LogP contribution >= 0.6 is 0 Å². The van der Waals surface area contributed by atoms with Crippen molar-refractivity contribution in [3.05, 3.63) is 18.1 Å². The van der Waals surface area contributed by atoms with Crippen LogP contribution < -0.4 is 5.73 Å². The highest BCUT2D eigenvalue weighted by molar-refractivity contribution is 5.98. The number of piperidine rings is 1. The molecule has 1 aliphatic rings. The number of hydrogen-bond donors (Lipinski definition) is 2. The van der Waals surface area contributed by atoms with Gasteiger partial charge in [0.15, 0.2) is 11.5 Å². The first kappa shape index (κ1) is 12.3. The molecule has 7 heteroatoms. The van der Waals surface area contributed by atoms with E-state index in [2.05, 4.69) is 9.97 Å². The lowest BCUT2D eigenvalue weighted by atomic mass is 10.0. The number of carbonyl (C=O) groups is 2. The summed E-state index contributed by atoms with van der Waals surface area (Å²) in [4.78, 5) is 32.3. The Hall–Kier alpha value is -2.18. The number of nitrogen functional groups attached to an aromatic ring is 1. The molecule has 1 amide bonds. The van der Waals surface area contributed by atoms with Crippen molar-refractivity contribution < 1.29 is 14.7 Å². The van der Waals surface area contributed by atoms with Crippen LogP contribution in [0.1, 0.15) is 29.8 Å². The smallest absolute Gasteiger partial charge is 0.326 e. The van der Waals surface area contributed by atoms with Crippen molar-refractivity contribution in [1.29, 1.82) is 0 Å². The first-order valence-electron chi connectivity index (χ1n) is 5.71. The lowest BCUT2D eigenvalue weighted by molar-refractivity contribution is -0.143. The van der Waals surface area contributed by atoms with E-state index in [1.54, 1.807) is 0 Å². The second kappa shape index (κ2) is 4.99. The molecular weight excluding hydrogens is 236 g/mol. The van der Waals surface area contributed by atoms with E-state index in [1.165, 1.54) is 17.3 Å². The first-order valence-corrected chi connectivity index (χ1v) is 5.71. The van der Waals surface area contributed by atoms with E-state index in [9.17, 15) is 9.59 Å². The second-order valence-electron chi connectivity index (χ2n) is 4.14. The van der Waals surface area contributed by atoms with Gasteiger partial charge in [-0.05, 0) is 19.3 Å². The van der Waals surface area contributed by atoms with Gasteiger partial charge in [0.25, 0.3) is 5.91 Å². The normalized spacial score (nSPS) is 19.6. The fourth-order valence-corrected chi connectivity index (χ4v) is 2.08. The van der Waals surface area contributed by atoms with Gasteiger partial charge in [0.2, 0.25) is 0 Å². The minimum Gasteiger partial charge on any atom is -0.480 e. The average Bonchev–Trinajstić information content (AvgIpc) is 2.38. The van der Waals surface area contributed by atoms with Gasteiger partial charge in [-0.25, -0.2) is 14.8 Å². The second-order valence-corrected chi connectivity index (χ2v) is 4.14. The van der Waals surface area contributed by atoms with E-state index in [0.717, 1.165) is 12.8 Å². The standard InChI is InChI=1S/C11H14N4O3/c12-9-8(13-4-5-14-9)10(16)15-6-2-1-3-7(15)11(17)18/h4-5,7H,1-3,6H2,(H2,12,14)(H,17,18)/t7-/m1/s1. The molecular formula is C11H14N4O3. The highest BCUT2D eigenvalue weighted by Crippen LogP contribution is 2.20. The molecule has 0 unspecified atom stereocenters. The van der Waals surface area contributed by atoms with Gasteiger partial charge < -0.3 is 15.7 Å². The summed E-state index contributed by atoms with van der Waals surface area (Å²) in [6.45, 7) is 0.409. The van der Waals surface area contributed by atoms with Gasteiger partial charge in [-0.2, -0.15) is 0 Å². The number of aromatic nitrogens is 2. The first-order chi connectivity index (χ1) is 8.61. The van der Waals surface area contributed by atoms with Crippen molar-refractivity contribution >= 4 is 17.7 Å². The zero-order valence-corrected chi connectivity index (χ0v) is 9.74. The quantitative estimate of drug-likeness (QED) is 0.772. The largest absolute Gasteiger partial charge is 0.480 e. The lowest BCUT2D eigenvalue weighted by Gasteiger charge is -2.32. The van der Waals surface area contributed by atoms with E-state index in [-0.39, 0.29) is 11.5 Å². The highest BCUT2D eigenvalue weighted by atomic mass is 16.4. The highest BCUT2D eigenvalue weighted by Gasteiger charge is 2.33.